The van der Waals surface area contributed by atoms with Crippen LogP contribution in [0.25, 0.3) is 33.3 Å². The van der Waals surface area contributed by atoms with Crippen molar-refractivity contribution in [2.24, 2.45) is 0 Å². The van der Waals surface area contributed by atoms with E-state index in [1.807, 2.05) is 42.5 Å². The molecule has 0 amide bonds. The van der Waals surface area contributed by atoms with Gasteiger partial charge in [0.15, 0.2) is 5.58 Å². The van der Waals surface area contributed by atoms with Crippen molar-refractivity contribution in [3.8, 4) is 17.2 Å². The third-order valence-electron chi connectivity index (χ3n) is 3.62. The zero-order valence-corrected chi connectivity index (χ0v) is 11.5. The Kier molecular flexibility index (Phi) is 2.64. The first kappa shape index (κ1) is 12.0. The first-order valence-corrected chi connectivity index (χ1v) is 6.78. The number of ether oxygens (including phenoxy) is 1. The number of hydrogen-bond donors (Lipinski definition) is 0. The molecule has 0 atom stereocenters. The highest BCUT2D eigenvalue weighted by atomic mass is 16.5. The highest BCUT2D eigenvalue weighted by Crippen LogP contribution is 2.30. The molecule has 0 radical (unpaired) electrons. The van der Waals surface area contributed by atoms with Crippen LogP contribution in [-0.2, 0) is 0 Å². The highest BCUT2D eigenvalue weighted by Gasteiger charge is 2.10. The second-order valence-electron chi connectivity index (χ2n) is 4.88. The summed E-state index contributed by atoms with van der Waals surface area (Å²) >= 11 is 0. The van der Waals surface area contributed by atoms with Gasteiger partial charge in [-0.15, -0.1) is 0 Å². The summed E-state index contributed by atoms with van der Waals surface area (Å²) in [7, 11) is 1.65. The predicted octanol–water partition coefficient (Wildman–Crippen LogP) is 4.66. The van der Waals surface area contributed by atoms with Crippen molar-refractivity contribution in [2.75, 3.05) is 7.11 Å². The van der Waals surface area contributed by atoms with Gasteiger partial charge in [-0.1, -0.05) is 30.3 Å². The largest absolute Gasteiger partial charge is 0.497 e. The Morgan fingerprint density at radius 2 is 1.71 bits per heavy atom. The van der Waals surface area contributed by atoms with Crippen LogP contribution in [0.3, 0.4) is 0 Å². The molecule has 0 saturated heterocycles. The number of fused-ring (bicyclic) bond motifs is 3. The number of oxazole rings is 1. The minimum atomic E-state index is 0.629. The second-order valence-corrected chi connectivity index (χ2v) is 4.88. The fourth-order valence-electron chi connectivity index (χ4n) is 2.51. The summed E-state index contributed by atoms with van der Waals surface area (Å²) in [5.74, 6) is 1.45. The molecule has 0 aliphatic carbocycles. The van der Waals surface area contributed by atoms with Crippen molar-refractivity contribution in [2.45, 2.75) is 0 Å². The molecule has 3 aromatic carbocycles. The van der Waals surface area contributed by atoms with Gasteiger partial charge in [0.1, 0.15) is 11.3 Å². The van der Waals surface area contributed by atoms with Gasteiger partial charge in [0.2, 0.25) is 5.89 Å². The van der Waals surface area contributed by atoms with E-state index in [1.54, 1.807) is 7.11 Å². The number of nitrogens with zero attached hydrogens (tertiary/aromatic N) is 1. The molecule has 0 aliphatic heterocycles. The van der Waals surface area contributed by atoms with Gasteiger partial charge in [-0.05, 0) is 35.7 Å². The molecular weight excluding hydrogens is 262 g/mol. The Hall–Kier alpha value is -2.81. The van der Waals surface area contributed by atoms with Crippen LogP contribution in [0.15, 0.2) is 65.1 Å². The topological polar surface area (TPSA) is 35.3 Å². The molecule has 0 spiro atoms. The Morgan fingerprint density at radius 3 is 2.52 bits per heavy atom. The van der Waals surface area contributed by atoms with Gasteiger partial charge >= 0.3 is 0 Å². The number of rotatable bonds is 2. The van der Waals surface area contributed by atoms with Crippen molar-refractivity contribution in [3.05, 3.63) is 60.7 Å². The molecule has 4 rings (SSSR count). The molecule has 3 nitrogen and oxygen atoms in total. The van der Waals surface area contributed by atoms with Crippen LogP contribution in [0.1, 0.15) is 0 Å². The van der Waals surface area contributed by atoms with Crippen LogP contribution in [0, 0.1) is 0 Å². The van der Waals surface area contributed by atoms with E-state index in [9.17, 15) is 0 Å². The lowest BCUT2D eigenvalue weighted by atomic mass is 10.1. The SMILES string of the molecule is COc1ccc(-c2nc3ccc4ccccc4c3o2)cc1. The van der Waals surface area contributed by atoms with Gasteiger partial charge in [-0.25, -0.2) is 4.98 Å². The third kappa shape index (κ3) is 1.94. The third-order valence-corrected chi connectivity index (χ3v) is 3.62. The minimum absolute atomic E-state index is 0.629. The van der Waals surface area contributed by atoms with E-state index in [4.69, 9.17) is 9.15 Å². The maximum Gasteiger partial charge on any atom is 0.227 e. The number of benzene rings is 3. The number of aromatic nitrogens is 1. The summed E-state index contributed by atoms with van der Waals surface area (Å²) in [5, 5.41) is 2.24. The van der Waals surface area contributed by atoms with Crippen molar-refractivity contribution in [1.82, 2.24) is 4.98 Å². The zero-order valence-electron chi connectivity index (χ0n) is 11.5. The monoisotopic (exact) mass is 275 g/mol. The fourth-order valence-corrected chi connectivity index (χ4v) is 2.51. The maximum atomic E-state index is 5.99. The summed E-state index contributed by atoms with van der Waals surface area (Å²) in [6, 6.07) is 19.9. The van der Waals surface area contributed by atoms with Crippen molar-refractivity contribution < 1.29 is 9.15 Å². The van der Waals surface area contributed by atoms with Gasteiger partial charge in [-0.3, -0.25) is 0 Å². The lowest BCUT2D eigenvalue weighted by molar-refractivity contribution is 0.415. The van der Waals surface area contributed by atoms with Crippen molar-refractivity contribution in [3.63, 3.8) is 0 Å². The molecule has 1 aromatic heterocycles. The van der Waals surface area contributed by atoms with Crippen LogP contribution in [0.4, 0.5) is 0 Å². The maximum absolute atomic E-state index is 5.99. The molecule has 4 aromatic rings. The lowest BCUT2D eigenvalue weighted by Crippen LogP contribution is -1.82. The zero-order chi connectivity index (χ0) is 14.2. The number of hydrogen-bond acceptors (Lipinski definition) is 3. The molecule has 0 fully saturated rings. The Labute approximate surface area is 121 Å². The molecule has 102 valence electrons. The minimum Gasteiger partial charge on any atom is -0.497 e. The van der Waals surface area contributed by atoms with Crippen LogP contribution in [0.5, 0.6) is 5.75 Å². The first-order valence-electron chi connectivity index (χ1n) is 6.78. The molecule has 0 N–H and O–H groups in total. The van der Waals surface area contributed by atoms with Crippen LogP contribution in [0.2, 0.25) is 0 Å². The van der Waals surface area contributed by atoms with Crippen LogP contribution in [-0.4, -0.2) is 12.1 Å². The van der Waals surface area contributed by atoms with E-state index in [0.717, 1.165) is 33.2 Å². The normalized spacial score (nSPS) is 11.1. The molecule has 0 saturated carbocycles. The van der Waals surface area contributed by atoms with E-state index < -0.39 is 0 Å². The number of methoxy groups -OCH3 is 1. The molecule has 1 heterocycles. The molecular formula is C18H13NO2. The summed E-state index contributed by atoms with van der Waals surface area (Å²) in [6.07, 6.45) is 0. The van der Waals surface area contributed by atoms with Gasteiger partial charge in [-0.2, -0.15) is 0 Å². The molecule has 21 heavy (non-hydrogen) atoms. The lowest BCUT2D eigenvalue weighted by Gasteiger charge is -1.99. The second kappa shape index (κ2) is 4.63. The predicted molar refractivity (Wildman–Crippen MR) is 83.5 cm³/mol. The molecule has 0 aliphatic rings. The van der Waals surface area contributed by atoms with Gasteiger partial charge in [0.25, 0.3) is 0 Å². The van der Waals surface area contributed by atoms with E-state index in [-0.39, 0.29) is 0 Å². The Bertz CT molecular complexity index is 923. The molecule has 3 heteroatoms. The summed E-state index contributed by atoms with van der Waals surface area (Å²) in [6.45, 7) is 0. The molecule has 0 unspecified atom stereocenters. The van der Waals surface area contributed by atoms with Crippen LogP contribution >= 0.6 is 0 Å². The van der Waals surface area contributed by atoms with E-state index in [1.165, 1.54) is 0 Å². The van der Waals surface area contributed by atoms with E-state index in [0.29, 0.717) is 5.89 Å². The van der Waals surface area contributed by atoms with E-state index >= 15 is 0 Å². The van der Waals surface area contributed by atoms with E-state index in [2.05, 4.69) is 23.2 Å². The highest BCUT2D eigenvalue weighted by molar-refractivity contribution is 6.03. The summed E-state index contributed by atoms with van der Waals surface area (Å²) in [5.41, 5.74) is 2.65. The Morgan fingerprint density at radius 1 is 0.905 bits per heavy atom. The first-order chi connectivity index (χ1) is 10.3. The van der Waals surface area contributed by atoms with Gasteiger partial charge < -0.3 is 9.15 Å². The fraction of sp³-hybridized carbons (Fsp3) is 0.0556. The molecule has 0 bridgehead atoms. The quantitative estimate of drug-likeness (QED) is 0.534. The smallest absolute Gasteiger partial charge is 0.227 e. The summed E-state index contributed by atoms with van der Waals surface area (Å²) in [4.78, 5) is 4.58. The van der Waals surface area contributed by atoms with Gasteiger partial charge in [0, 0.05) is 10.9 Å². The average Bonchev–Trinajstić information content (AvgIpc) is 2.99. The Balaban J connectivity index is 1.91. The summed E-state index contributed by atoms with van der Waals surface area (Å²) < 4.78 is 11.2. The average molecular weight is 275 g/mol. The van der Waals surface area contributed by atoms with Crippen molar-refractivity contribution >= 4 is 21.9 Å². The van der Waals surface area contributed by atoms with Gasteiger partial charge in [0.05, 0.1) is 7.11 Å². The van der Waals surface area contributed by atoms with Crippen LogP contribution < -0.4 is 4.74 Å². The van der Waals surface area contributed by atoms with Crippen molar-refractivity contribution in [1.29, 1.82) is 0 Å². The standard InChI is InChI=1S/C18H13NO2/c1-20-14-9-6-13(7-10-14)18-19-16-11-8-12-4-2-3-5-15(12)17(16)21-18/h2-11H,1H3.